The summed E-state index contributed by atoms with van der Waals surface area (Å²) in [5.41, 5.74) is 2.19. The van der Waals surface area contributed by atoms with Gasteiger partial charge in [0, 0.05) is 36.8 Å². The van der Waals surface area contributed by atoms with E-state index < -0.39 is 16.7 Å². The van der Waals surface area contributed by atoms with Gasteiger partial charge >= 0.3 is 0 Å². The molecule has 1 aliphatic rings. The van der Waals surface area contributed by atoms with Crippen molar-refractivity contribution in [2.45, 2.75) is 17.5 Å². The number of halogens is 1. The molecule has 2 heterocycles. The van der Waals surface area contributed by atoms with Crippen molar-refractivity contribution < 1.29 is 19.3 Å². The van der Waals surface area contributed by atoms with Crippen LogP contribution in [0.4, 0.5) is 11.5 Å². The second kappa shape index (κ2) is 8.58. The monoisotopic (exact) mass is 449 g/mol. The SMILES string of the molecule is OCC(O)CNc1cc(N2CCS(O)(O)c3ccccc3C2)nc2c(Cl)cccc12. The van der Waals surface area contributed by atoms with Gasteiger partial charge in [-0.05, 0) is 17.7 Å². The molecular formula is C21H24ClN3O4S. The molecule has 0 aliphatic carbocycles. The molecule has 5 N–H and O–H groups in total. The number of anilines is 2. The second-order valence-corrected chi connectivity index (χ2v) is 9.87. The summed E-state index contributed by atoms with van der Waals surface area (Å²) in [6, 6.07) is 14.7. The lowest BCUT2D eigenvalue weighted by Crippen LogP contribution is -2.27. The maximum Gasteiger partial charge on any atom is 0.131 e. The lowest BCUT2D eigenvalue weighted by molar-refractivity contribution is 0.105. The maximum atomic E-state index is 10.6. The molecule has 0 saturated carbocycles. The molecule has 1 unspecified atom stereocenters. The zero-order valence-corrected chi connectivity index (χ0v) is 17.8. The van der Waals surface area contributed by atoms with Crippen molar-refractivity contribution >= 4 is 44.6 Å². The molecule has 0 spiro atoms. The Hall–Kier alpha value is -2.07. The zero-order chi connectivity index (χ0) is 21.3. The normalized spacial score (nSPS) is 17.8. The molecule has 30 heavy (non-hydrogen) atoms. The Labute approximate surface area is 181 Å². The highest BCUT2D eigenvalue weighted by Gasteiger charge is 2.26. The first-order chi connectivity index (χ1) is 14.4. The van der Waals surface area contributed by atoms with Gasteiger partial charge in [-0.3, -0.25) is 9.11 Å². The van der Waals surface area contributed by atoms with E-state index in [4.69, 9.17) is 21.7 Å². The van der Waals surface area contributed by atoms with E-state index in [1.807, 2.05) is 41.3 Å². The summed E-state index contributed by atoms with van der Waals surface area (Å²) in [6.45, 7) is 0.724. The molecule has 0 radical (unpaired) electrons. The summed E-state index contributed by atoms with van der Waals surface area (Å²) in [5, 5.41) is 23.3. The van der Waals surface area contributed by atoms with E-state index in [2.05, 4.69) is 5.32 Å². The molecule has 1 aromatic heterocycles. The number of aromatic nitrogens is 1. The van der Waals surface area contributed by atoms with Crippen molar-refractivity contribution in [1.29, 1.82) is 0 Å². The van der Waals surface area contributed by atoms with Crippen molar-refractivity contribution in [2.24, 2.45) is 0 Å². The van der Waals surface area contributed by atoms with Crippen LogP contribution >= 0.6 is 22.2 Å². The van der Waals surface area contributed by atoms with Crippen LogP contribution < -0.4 is 10.2 Å². The van der Waals surface area contributed by atoms with Crippen molar-refractivity contribution in [1.82, 2.24) is 4.98 Å². The quantitative estimate of drug-likeness (QED) is 0.403. The van der Waals surface area contributed by atoms with E-state index in [0.29, 0.717) is 34.3 Å². The lowest BCUT2D eigenvalue weighted by atomic mass is 10.1. The first-order valence-corrected chi connectivity index (χ1v) is 11.7. The fourth-order valence-corrected chi connectivity index (χ4v) is 5.34. The van der Waals surface area contributed by atoms with Gasteiger partial charge in [-0.25, -0.2) is 4.98 Å². The Morgan fingerprint density at radius 1 is 1.17 bits per heavy atom. The van der Waals surface area contributed by atoms with Gasteiger partial charge in [-0.2, -0.15) is 10.6 Å². The van der Waals surface area contributed by atoms with Gasteiger partial charge < -0.3 is 20.4 Å². The fraction of sp³-hybridized carbons (Fsp3) is 0.286. The standard InChI is InChI=1S/C21H24ClN3O4S/c22-17-6-3-5-16-18(23-11-15(27)13-26)10-20(24-21(16)17)25-8-9-30(28,29)19-7-2-1-4-14(19)12-25/h1-7,10,15,26-29H,8-9,11-13H2,(H,23,24). The molecule has 3 aromatic rings. The van der Waals surface area contributed by atoms with Crippen molar-refractivity contribution in [2.75, 3.05) is 35.7 Å². The first kappa shape index (κ1) is 21.2. The molecule has 9 heteroatoms. The van der Waals surface area contributed by atoms with Crippen LogP contribution in [0.25, 0.3) is 10.9 Å². The predicted octanol–water partition coefficient (Wildman–Crippen LogP) is 3.78. The number of para-hydroxylation sites is 1. The molecule has 0 amide bonds. The predicted molar refractivity (Wildman–Crippen MR) is 122 cm³/mol. The lowest BCUT2D eigenvalue weighted by Gasteiger charge is -2.32. The van der Waals surface area contributed by atoms with Crippen LogP contribution in [-0.2, 0) is 6.54 Å². The van der Waals surface area contributed by atoms with Crippen LogP contribution in [0.1, 0.15) is 5.56 Å². The van der Waals surface area contributed by atoms with Gasteiger partial charge in [0.2, 0.25) is 0 Å². The summed E-state index contributed by atoms with van der Waals surface area (Å²) < 4.78 is 21.2. The van der Waals surface area contributed by atoms with E-state index in [-0.39, 0.29) is 18.9 Å². The average Bonchev–Trinajstić information content (AvgIpc) is 2.88. The molecule has 0 bridgehead atoms. The summed E-state index contributed by atoms with van der Waals surface area (Å²) in [6.07, 6.45) is -0.895. The first-order valence-electron chi connectivity index (χ1n) is 9.60. The van der Waals surface area contributed by atoms with Crippen LogP contribution in [0.5, 0.6) is 0 Å². The number of nitrogens with one attached hydrogen (secondary N) is 1. The topological polar surface area (TPSA) is 109 Å². The molecule has 1 aliphatic heterocycles. The van der Waals surface area contributed by atoms with Gasteiger partial charge in [0.05, 0.1) is 33.9 Å². The van der Waals surface area contributed by atoms with E-state index in [1.54, 1.807) is 12.1 Å². The smallest absolute Gasteiger partial charge is 0.131 e. The van der Waals surface area contributed by atoms with Crippen molar-refractivity contribution in [3.63, 3.8) is 0 Å². The highest BCUT2D eigenvalue weighted by Crippen LogP contribution is 2.51. The Kier molecular flexibility index (Phi) is 6.06. The number of hydrogen-bond acceptors (Lipinski definition) is 7. The van der Waals surface area contributed by atoms with Gasteiger partial charge in [0.1, 0.15) is 5.82 Å². The Morgan fingerprint density at radius 2 is 1.97 bits per heavy atom. The minimum atomic E-state index is -2.88. The van der Waals surface area contributed by atoms with Crippen molar-refractivity contribution in [3.05, 3.63) is 59.1 Å². The summed E-state index contributed by atoms with van der Waals surface area (Å²) in [5.74, 6) is 0.849. The van der Waals surface area contributed by atoms with E-state index in [0.717, 1.165) is 16.6 Å². The highest BCUT2D eigenvalue weighted by molar-refractivity contribution is 8.24. The molecule has 0 fully saturated rings. The third kappa shape index (κ3) is 4.20. The number of aliphatic hydroxyl groups is 2. The maximum absolute atomic E-state index is 10.6. The number of benzene rings is 2. The number of pyridine rings is 1. The van der Waals surface area contributed by atoms with Crippen LogP contribution in [0.2, 0.25) is 5.02 Å². The van der Waals surface area contributed by atoms with Gasteiger partial charge in [0.25, 0.3) is 0 Å². The number of fused-ring (bicyclic) bond motifs is 2. The number of hydrogen-bond donors (Lipinski definition) is 5. The van der Waals surface area contributed by atoms with Gasteiger partial charge in [-0.15, -0.1) is 0 Å². The third-order valence-electron chi connectivity index (χ3n) is 5.17. The molecule has 2 aromatic carbocycles. The van der Waals surface area contributed by atoms with Gasteiger partial charge in [0.15, 0.2) is 0 Å². The molecule has 1 atom stereocenters. The van der Waals surface area contributed by atoms with Crippen LogP contribution in [0.3, 0.4) is 0 Å². The molecule has 0 saturated heterocycles. The zero-order valence-electron chi connectivity index (χ0n) is 16.2. The van der Waals surface area contributed by atoms with E-state index in [9.17, 15) is 14.2 Å². The fourth-order valence-electron chi connectivity index (χ4n) is 3.58. The highest BCUT2D eigenvalue weighted by atomic mass is 35.5. The van der Waals surface area contributed by atoms with Crippen LogP contribution in [-0.4, -0.2) is 55.9 Å². The van der Waals surface area contributed by atoms with Crippen molar-refractivity contribution in [3.8, 4) is 0 Å². The Morgan fingerprint density at radius 3 is 2.77 bits per heavy atom. The minimum absolute atomic E-state index is 0.172. The van der Waals surface area contributed by atoms with E-state index >= 15 is 0 Å². The molecule has 160 valence electrons. The summed E-state index contributed by atoms with van der Waals surface area (Å²) in [4.78, 5) is 7.33. The molecule has 4 rings (SSSR count). The number of aliphatic hydroxyl groups excluding tert-OH is 2. The van der Waals surface area contributed by atoms with Crippen LogP contribution in [0.15, 0.2) is 53.4 Å². The largest absolute Gasteiger partial charge is 0.394 e. The summed E-state index contributed by atoms with van der Waals surface area (Å²) in [7, 11) is -2.88. The Bertz CT molecular complexity index is 1070. The minimum Gasteiger partial charge on any atom is -0.394 e. The molecule has 7 nitrogen and oxygen atoms in total. The van der Waals surface area contributed by atoms with Gasteiger partial charge in [-0.1, -0.05) is 41.9 Å². The second-order valence-electron chi connectivity index (χ2n) is 7.28. The summed E-state index contributed by atoms with van der Waals surface area (Å²) >= 11 is 6.41. The Balaban J connectivity index is 1.76. The van der Waals surface area contributed by atoms with E-state index in [1.165, 1.54) is 0 Å². The average molecular weight is 450 g/mol. The number of rotatable bonds is 5. The third-order valence-corrected chi connectivity index (χ3v) is 7.33. The van der Waals surface area contributed by atoms with Crippen LogP contribution in [0, 0.1) is 0 Å². The number of nitrogens with zero attached hydrogens (tertiary/aromatic N) is 2. The molecular weight excluding hydrogens is 426 g/mol.